The van der Waals surface area contributed by atoms with Gasteiger partial charge in [-0.1, -0.05) is 12.1 Å². The van der Waals surface area contributed by atoms with Gasteiger partial charge in [0, 0.05) is 29.7 Å². The van der Waals surface area contributed by atoms with Crippen molar-refractivity contribution in [2.45, 2.75) is 38.8 Å². The molecule has 0 radical (unpaired) electrons. The molecular formula is C19H20N2O4. The number of hydrogen-bond donors (Lipinski definition) is 1. The van der Waals surface area contributed by atoms with Crippen molar-refractivity contribution in [3.8, 4) is 5.75 Å². The van der Waals surface area contributed by atoms with E-state index in [2.05, 4.69) is 5.32 Å². The monoisotopic (exact) mass is 340 g/mol. The molecule has 0 fully saturated rings. The lowest BCUT2D eigenvalue weighted by Gasteiger charge is -2.38. The summed E-state index contributed by atoms with van der Waals surface area (Å²) in [4.78, 5) is 22.8. The zero-order valence-corrected chi connectivity index (χ0v) is 14.4. The molecular weight excluding hydrogens is 320 g/mol. The molecule has 2 aromatic rings. The van der Waals surface area contributed by atoms with Gasteiger partial charge in [-0.05, 0) is 44.5 Å². The van der Waals surface area contributed by atoms with Crippen LogP contribution >= 0.6 is 0 Å². The first-order valence-corrected chi connectivity index (χ1v) is 8.10. The van der Waals surface area contributed by atoms with E-state index in [1.54, 1.807) is 0 Å². The summed E-state index contributed by atoms with van der Waals surface area (Å²) < 4.78 is 6.03. The van der Waals surface area contributed by atoms with Gasteiger partial charge in [0.25, 0.3) is 11.6 Å². The predicted octanol–water partition coefficient (Wildman–Crippen LogP) is 3.94. The van der Waals surface area contributed by atoms with Crippen molar-refractivity contribution < 1.29 is 14.5 Å². The molecule has 1 amide bonds. The molecule has 3 rings (SSSR count). The third-order valence-electron chi connectivity index (χ3n) is 4.27. The van der Waals surface area contributed by atoms with E-state index in [0.717, 1.165) is 16.9 Å². The summed E-state index contributed by atoms with van der Waals surface area (Å²) in [5, 5.41) is 13.8. The number of hydrogen-bond acceptors (Lipinski definition) is 4. The Bertz CT molecular complexity index is 828. The molecule has 2 aromatic carbocycles. The number of rotatable bonds is 3. The molecule has 0 aromatic heterocycles. The predicted molar refractivity (Wildman–Crippen MR) is 93.8 cm³/mol. The first-order valence-electron chi connectivity index (χ1n) is 8.10. The smallest absolute Gasteiger partial charge is 0.269 e. The fourth-order valence-corrected chi connectivity index (χ4v) is 3.06. The van der Waals surface area contributed by atoms with E-state index in [4.69, 9.17) is 4.74 Å². The van der Waals surface area contributed by atoms with Crippen LogP contribution in [0.3, 0.4) is 0 Å². The molecule has 1 aliphatic rings. The van der Waals surface area contributed by atoms with Gasteiger partial charge in [-0.2, -0.15) is 0 Å². The maximum Gasteiger partial charge on any atom is 0.269 e. The summed E-state index contributed by atoms with van der Waals surface area (Å²) in [5.41, 5.74) is 2.00. The fraction of sp³-hybridized carbons (Fsp3) is 0.316. The quantitative estimate of drug-likeness (QED) is 0.678. The van der Waals surface area contributed by atoms with Crippen molar-refractivity contribution in [1.82, 2.24) is 5.32 Å². The van der Waals surface area contributed by atoms with E-state index in [0.29, 0.717) is 12.0 Å². The van der Waals surface area contributed by atoms with Crippen molar-refractivity contribution >= 4 is 11.6 Å². The second-order valence-electron chi connectivity index (χ2n) is 6.94. The summed E-state index contributed by atoms with van der Waals surface area (Å²) in [6.45, 7) is 5.97. The fourth-order valence-electron chi connectivity index (χ4n) is 3.06. The molecule has 1 atom stereocenters. The van der Waals surface area contributed by atoms with Gasteiger partial charge in [0.15, 0.2) is 0 Å². The minimum absolute atomic E-state index is 0.0374. The topological polar surface area (TPSA) is 81.5 Å². The average Bonchev–Trinajstić information content (AvgIpc) is 2.53. The van der Waals surface area contributed by atoms with E-state index in [1.807, 2.05) is 39.0 Å². The molecule has 25 heavy (non-hydrogen) atoms. The molecule has 1 N–H and O–H groups in total. The normalized spacial score (nSPS) is 18.0. The average molecular weight is 340 g/mol. The first kappa shape index (κ1) is 17.0. The molecule has 6 heteroatoms. The number of carbonyl (C=O) groups excluding carboxylic acids is 1. The highest BCUT2D eigenvalue weighted by Gasteiger charge is 2.34. The number of nitro groups is 1. The highest BCUT2D eigenvalue weighted by molar-refractivity contribution is 5.94. The van der Waals surface area contributed by atoms with Gasteiger partial charge in [-0.25, -0.2) is 0 Å². The largest absolute Gasteiger partial charge is 0.487 e. The Morgan fingerprint density at radius 2 is 1.92 bits per heavy atom. The first-order chi connectivity index (χ1) is 11.7. The Balaban J connectivity index is 1.84. The van der Waals surface area contributed by atoms with Gasteiger partial charge in [0.2, 0.25) is 0 Å². The number of carbonyl (C=O) groups is 1. The Labute approximate surface area is 146 Å². The highest BCUT2D eigenvalue weighted by Crippen LogP contribution is 2.40. The molecule has 0 spiro atoms. The molecule has 6 nitrogen and oxygen atoms in total. The minimum Gasteiger partial charge on any atom is -0.487 e. The van der Waals surface area contributed by atoms with Crippen LogP contribution in [0.15, 0.2) is 42.5 Å². The lowest BCUT2D eigenvalue weighted by molar-refractivity contribution is -0.384. The number of amides is 1. The van der Waals surface area contributed by atoms with Crippen molar-refractivity contribution in [3.63, 3.8) is 0 Å². The number of ether oxygens (including phenoxy) is 1. The van der Waals surface area contributed by atoms with Crippen LogP contribution in [-0.4, -0.2) is 16.4 Å². The van der Waals surface area contributed by atoms with Crippen LogP contribution in [0, 0.1) is 17.0 Å². The summed E-state index contributed by atoms with van der Waals surface area (Å²) in [6.07, 6.45) is 0.641. The van der Waals surface area contributed by atoms with Crippen LogP contribution in [0.1, 0.15) is 47.8 Å². The second kappa shape index (κ2) is 6.20. The zero-order valence-electron chi connectivity index (χ0n) is 14.4. The number of nitrogens with zero attached hydrogens (tertiary/aromatic N) is 1. The standard InChI is InChI=1S/C19H20N2O4/c1-12-4-9-15-16(11-19(2,3)25-17(15)10-12)20-18(22)13-5-7-14(8-6-13)21(23)24/h4-10,16H,11H2,1-3H3,(H,20,22)/t16-/m1/s1. The number of non-ortho nitro benzene ring substituents is 1. The zero-order chi connectivity index (χ0) is 18.2. The van der Waals surface area contributed by atoms with Crippen molar-refractivity contribution in [2.24, 2.45) is 0 Å². The van der Waals surface area contributed by atoms with Gasteiger partial charge < -0.3 is 10.1 Å². The SMILES string of the molecule is Cc1ccc2c(c1)OC(C)(C)C[C@H]2NC(=O)c1ccc([N+](=O)[O-])cc1. The van der Waals surface area contributed by atoms with Gasteiger partial charge in [-0.3, -0.25) is 14.9 Å². The van der Waals surface area contributed by atoms with Crippen LogP contribution in [0.25, 0.3) is 0 Å². The maximum atomic E-state index is 12.6. The number of nitrogens with one attached hydrogen (secondary N) is 1. The van der Waals surface area contributed by atoms with Gasteiger partial charge in [-0.15, -0.1) is 0 Å². The van der Waals surface area contributed by atoms with Crippen molar-refractivity contribution in [3.05, 3.63) is 69.3 Å². The van der Waals surface area contributed by atoms with E-state index < -0.39 is 10.5 Å². The number of nitro benzene ring substituents is 1. The molecule has 1 aliphatic heterocycles. The molecule has 0 saturated heterocycles. The van der Waals surface area contributed by atoms with Crippen LogP contribution < -0.4 is 10.1 Å². The Kier molecular flexibility index (Phi) is 4.20. The Morgan fingerprint density at radius 3 is 2.56 bits per heavy atom. The molecule has 0 saturated carbocycles. The van der Waals surface area contributed by atoms with E-state index in [-0.39, 0.29) is 17.6 Å². The number of aryl methyl sites for hydroxylation is 1. The van der Waals surface area contributed by atoms with Gasteiger partial charge in [0.05, 0.1) is 11.0 Å². The molecule has 0 unspecified atom stereocenters. The van der Waals surface area contributed by atoms with Crippen LogP contribution in [-0.2, 0) is 0 Å². The van der Waals surface area contributed by atoms with Gasteiger partial charge in [0.1, 0.15) is 11.4 Å². The minimum atomic E-state index is -0.485. The van der Waals surface area contributed by atoms with E-state index in [1.165, 1.54) is 24.3 Å². The summed E-state index contributed by atoms with van der Waals surface area (Å²) in [7, 11) is 0. The molecule has 0 bridgehead atoms. The third-order valence-corrected chi connectivity index (χ3v) is 4.27. The van der Waals surface area contributed by atoms with Crippen molar-refractivity contribution in [1.29, 1.82) is 0 Å². The number of fused-ring (bicyclic) bond motifs is 1. The summed E-state index contributed by atoms with van der Waals surface area (Å²) in [5.74, 6) is 0.523. The van der Waals surface area contributed by atoms with Gasteiger partial charge >= 0.3 is 0 Å². The van der Waals surface area contributed by atoms with Crippen LogP contribution in [0.5, 0.6) is 5.75 Å². The van der Waals surface area contributed by atoms with Crippen LogP contribution in [0.2, 0.25) is 0 Å². The molecule has 1 heterocycles. The lowest BCUT2D eigenvalue weighted by atomic mass is 9.89. The molecule has 0 aliphatic carbocycles. The van der Waals surface area contributed by atoms with Crippen LogP contribution in [0.4, 0.5) is 5.69 Å². The lowest BCUT2D eigenvalue weighted by Crippen LogP contribution is -2.41. The maximum absolute atomic E-state index is 12.6. The highest BCUT2D eigenvalue weighted by atomic mass is 16.6. The summed E-state index contributed by atoms with van der Waals surface area (Å²) in [6, 6.07) is 11.4. The number of benzene rings is 2. The molecule has 130 valence electrons. The third kappa shape index (κ3) is 3.63. The Morgan fingerprint density at radius 1 is 1.24 bits per heavy atom. The second-order valence-corrected chi connectivity index (χ2v) is 6.94. The van der Waals surface area contributed by atoms with E-state index >= 15 is 0 Å². The summed E-state index contributed by atoms with van der Waals surface area (Å²) >= 11 is 0. The Hall–Kier alpha value is -2.89. The van der Waals surface area contributed by atoms with E-state index in [9.17, 15) is 14.9 Å². The van der Waals surface area contributed by atoms with Crippen molar-refractivity contribution in [2.75, 3.05) is 0 Å².